The summed E-state index contributed by atoms with van der Waals surface area (Å²) in [6.45, 7) is 13.3. The first-order chi connectivity index (χ1) is 13.8. The maximum atomic E-state index is 10.1. The molecule has 1 nitrogen and oxygen atoms in total. The van der Waals surface area contributed by atoms with E-state index in [4.69, 9.17) is 19.4 Å². The fraction of sp³-hybridized carbons (Fsp3) is 0.250. The summed E-state index contributed by atoms with van der Waals surface area (Å²) in [4.78, 5) is 10.1. The zero-order valence-corrected chi connectivity index (χ0v) is 21.9. The topological polar surface area (TPSA) is 20.2 Å². The summed E-state index contributed by atoms with van der Waals surface area (Å²) in [7, 11) is 8.54. The summed E-state index contributed by atoms with van der Waals surface area (Å²) in [6.07, 6.45) is 0. The van der Waals surface area contributed by atoms with Gasteiger partial charge < -0.3 is 4.89 Å². The first kappa shape index (κ1) is 26.3. The van der Waals surface area contributed by atoms with Crippen LogP contribution in [0.15, 0.2) is 60.7 Å². The van der Waals surface area contributed by atoms with Crippen LogP contribution in [0.2, 0.25) is 0 Å². The molecule has 3 rings (SSSR count). The Kier molecular flexibility index (Phi) is 12.3. The number of benzene rings is 3. The van der Waals surface area contributed by atoms with Crippen LogP contribution < -0.4 is 10.6 Å². The molecule has 0 saturated heterocycles. The zero-order valence-electron chi connectivity index (χ0n) is 17.8. The first-order valence-corrected chi connectivity index (χ1v) is 15.0. The molecule has 0 unspecified atom stereocenters. The molecule has 0 aliphatic rings. The SMILES string of the molecule is Cc1c(C)c(C)c(C)c(C)c1C.OP(c1ccccc1)c1ccccc1.[Cl][Ru][Cl]. The summed E-state index contributed by atoms with van der Waals surface area (Å²) in [5.74, 6) is 0. The molecule has 0 heterocycles. The minimum atomic E-state index is -1.17. The normalized spacial score (nSPS) is 10.1. The van der Waals surface area contributed by atoms with Gasteiger partial charge in [-0.15, -0.1) is 0 Å². The number of halogens is 2. The third kappa shape index (κ3) is 7.78. The molecule has 0 aliphatic carbocycles. The zero-order chi connectivity index (χ0) is 22.0. The Morgan fingerprint density at radius 2 is 0.759 bits per heavy atom. The molecule has 0 amide bonds. The average molecular weight is 536 g/mol. The second kappa shape index (κ2) is 13.5. The number of rotatable bonds is 2. The predicted octanol–water partition coefficient (Wildman–Crippen LogP) is 6.94. The van der Waals surface area contributed by atoms with Gasteiger partial charge in [0.1, 0.15) is 0 Å². The summed E-state index contributed by atoms with van der Waals surface area (Å²) in [5.41, 5.74) is 8.73. The molecule has 3 aromatic rings. The van der Waals surface area contributed by atoms with Gasteiger partial charge in [0.2, 0.25) is 0 Å². The summed E-state index contributed by atoms with van der Waals surface area (Å²) in [6, 6.07) is 19.5. The molecule has 158 valence electrons. The predicted molar refractivity (Wildman–Crippen MR) is 128 cm³/mol. The van der Waals surface area contributed by atoms with Gasteiger partial charge in [-0.25, -0.2) is 0 Å². The van der Waals surface area contributed by atoms with Crippen molar-refractivity contribution in [2.75, 3.05) is 0 Å². The van der Waals surface area contributed by atoms with Gasteiger partial charge in [0.15, 0.2) is 0 Å². The van der Waals surface area contributed by atoms with Crippen LogP contribution in [0.3, 0.4) is 0 Å². The average Bonchev–Trinajstić information content (AvgIpc) is 2.76. The van der Waals surface area contributed by atoms with Gasteiger partial charge in [0.05, 0.1) is 8.15 Å². The van der Waals surface area contributed by atoms with Gasteiger partial charge in [-0.1, -0.05) is 60.7 Å². The quantitative estimate of drug-likeness (QED) is 0.278. The molecular weight excluding hydrogens is 507 g/mol. The molecule has 0 radical (unpaired) electrons. The Morgan fingerprint density at radius 1 is 0.552 bits per heavy atom. The Morgan fingerprint density at radius 3 is 0.966 bits per heavy atom. The van der Waals surface area contributed by atoms with Crippen LogP contribution in [-0.4, -0.2) is 4.89 Å². The molecule has 5 heteroatoms. The second-order valence-corrected chi connectivity index (χ2v) is 11.1. The summed E-state index contributed by atoms with van der Waals surface area (Å²) in [5, 5.41) is 1.99. The van der Waals surface area contributed by atoms with Crippen LogP contribution in [0.1, 0.15) is 33.4 Å². The molecule has 0 fully saturated rings. The summed E-state index contributed by atoms with van der Waals surface area (Å²) < 4.78 is 0. The van der Waals surface area contributed by atoms with Crippen LogP contribution in [-0.2, 0) is 15.1 Å². The van der Waals surface area contributed by atoms with E-state index in [2.05, 4.69) is 41.5 Å². The minimum absolute atomic E-state index is 0.346. The van der Waals surface area contributed by atoms with Crippen molar-refractivity contribution in [2.45, 2.75) is 41.5 Å². The van der Waals surface area contributed by atoms with Crippen LogP contribution >= 0.6 is 27.5 Å². The third-order valence-electron chi connectivity index (χ3n) is 5.38. The van der Waals surface area contributed by atoms with E-state index in [0.29, 0.717) is 0 Å². The molecule has 0 saturated carbocycles. The van der Waals surface area contributed by atoms with Crippen molar-refractivity contribution < 1.29 is 20.0 Å². The Balaban J connectivity index is 0.000000259. The van der Waals surface area contributed by atoms with Crippen molar-refractivity contribution in [3.05, 3.63) is 94.0 Å². The van der Waals surface area contributed by atoms with Crippen LogP contribution in [0.4, 0.5) is 0 Å². The van der Waals surface area contributed by atoms with Gasteiger partial charge in [0.25, 0.3) is 0 Å². The molecule has 0 aliphatic heterocycles. The van der Waals surface area contributed by atoms with Gasteiger partial charge >= 0.3 is 34.5 Å². The standard InChI is InChI=1S/C12H11OP.C12H18.2ClH.Ru/c13-14(11-7-3-1-4-8-11)12-9-5-2-6-10-12;1-7-8(2)10(4)12(6)11(5)9(7)3;;;/h1-10,13H;1-6H3;2*1H;/q;;;;+2/p-2. The summed E-state index contributed by atoms with van der Waals surface area (Å²) >= 11 is -0.346. The van der Waals surface area contributed by atoms with E-state index in [1.807, 2.05) is 60.7 Å². The monoisotopic (exact) mass is 536 g/mol. The van der Waals surface area contributed by atoms with Crippen LogP contribution in [0.25, 0.3) is 0 Å². The van der Waals surface area contributed by atoms with E-state index in [1.165, 1.54) is 33.4 Å². The Bertz CT molecular complexity index is 742. The van der Waals surface area contributed by atoms with Crippen molar-refractivity contribution in [3.8, 4) is 0 Å². The molecule has 29 heavy (non-hydrogen) atoms. The van der Waals surface area contributed by atoms with Crippen molar-refractivity contribution in [3.63, 3.8) is 0 Å². The van der Waals surface area contributed by atoms with Crippen molar-refractivity contribution >= 4 is 38.1 Å². The van der Waals surface area contributed by atoms with E-state index in [-0.39, 0.29) is 15.1 Å². The number of hydrogen-bond donors (Lipinski definition) is 1. The molecule has 0 bridgehead atoms. The van der Waals surface area contributed by atoms with E-state index in [0.717, 1.165) is 10.6 Å². The third-order valence-corrected chi connectivity index (χ3v) is 6.95. The van der Waals surface area contributed by atoms with Crippen molar-refractivity contribution in [2.24, 2.45) is 0 Å². The van der Waals surface area contributed by atoms with Gasteiger partial charge in [0, 0.05) is 10.6 Å². The Labute approximate surface area is 193 Å². The van der Waals surface area contributed by atoms with E-state index in [9.17, 15) is 4.89 Å². The van der Waals surface area contributed by atoms with Crippen LogP contribution in [0, 0.1) is 41.5 Å². The first-order valence-electron chi connectivity index (χ1n) is 9.24. The van der Waals surface area contributed by atoms with Gasteiger partial charge in [-0.05, 0) is 74.9 Å². The molecule has 0 spiro atoms. The van der Waals surface area contributed by atoms with Crippen molar-refractivity contribution in [1.29, 1.82) is 0 Å². The molecule has 1 N–H and O–H groups in total. The number of hydrogen-bond acceptors (Lipinski definition) is 1. The maximum absolute atomic E-state index is 10.1. The van der Waals surface area contributed by atoms with Gasteiger partial charge in [-0.2, -0.15) is 0 Å². The fourth-order valence-electron chi connectivity index (χ4n) is 2.97. The van der Waals surface area contributed by atoms with E-state index >= 15 is 0 Å². The van der Waals surface area contributed by atoms with Gasteiger partial charge in [-0.3, -0.25) is 0 Å². The second-order valence-electron chi connectivity index (χ2n) is 6.78. The van der Waals surface area contributed by atoms with Crippen molar-refractivity contribution in [1.82, 2.24) is 0 Å². The Hall–Kier alpha value is -0.747. The van der Waals surface area contributed by atoms with E-state index < -0.39 is 8.15 Å². The molecule has 0 atom stereocenters. The van der Waals surface area contributed by atoms with E-state index in [1.54, 1.807) is 0 Å². The van der Waals surface area contributed by atoms with Crippen LogP contribution in [0.5, 0.6) is 0 Å². The molecule has 0 aromatic heterocycles. The fourth-order valence-corrected chi connectivity index (χ4v) is 4.18. The molecule has 3 aromatic carbocycles. The molecular formula is C24H29Cl2OPRu.